The molecule has 0 aliphatic carbocycles. The molecule has 0 radical (unpaired) electrons. The number of rotatable bonds is 8. The summed E-state index contributed by atoms with van der Waals surface area (Å²) in [4.78, 5) is 20.6. The van der Waals surface area contributed by atoms with E-state index in [9.17, 15) is 4.79 Å². The van der Waals surface area contributed by atoms with Gasteiger partial charge in [0, 0.05) is 0 Å². The standard InChI is InChI=1S/C31H26N2O3S/c1-2-35-28-20-24(18-19-27(28)36-22-23-12-6-3-7-13-23)21-29-30(34)33(26-16-10-5-11-17-26)31(37-29)32-25-14-8-4-9-15-25/h3-21H,2,22H2,1H3/b29-21-,32-31?. The van der Waals surface area contributed by atoms with Gasteiger partial charge in [0.15, 0.2) is 16.7 Å². The van der Waals surface area contributed by atoms with Crippen molar-refractivity contribution >= 4 is 40.3 Å². The van der Waals surface area contributed by atoms with Crippen molar-refractivity contribution in [1.29, 1.82) is 0 Å². The third-order valence-corrected chi connectivity index (χ3v) is 6.57. The first kappa shape index (κ1) is 24.4. The third-order valence-electron chi connectivity index (χ3n) is 5.60. The first-order valence-corrected chi connectivity index (χ1v) is 12.9. The zero-order valence-electron chi connectivity index (χ0n) is 20.4. The van der Waals surface area contributed by atoms with Gasteiger partial charge in [-0.2, -0.15) is 0 Å². The van der Waals surface area contributed by atoms with Crippen LogP contribution in [0.4, 0.5) is 11.4 Å². The second-order valence-corrected chi connectivity index (χ2v) is 9.24. The van der Waals surface area contributed by atoms with Crippen LogP contribution in [0.5, 0.6) is 11.5 Å². The maximum Gasteiger partial charge on any atom is 0.271 e. The number of amidine groups is 1. The molecule has 4 aromatic carbocycles. The minimum Gasteiger partial charge on any atom is -0.490 e. The highest BCUT2D eigenvalue weighted by Crippen LogP contribution is 2.38. The highest BCUT2D eigenvalue weighted by Gasteiger charge is 2.34. The van der Waals surface area contributed by atoms with Crippen molar-refractivity contribution in [2.45, 2.75) is 13.5 Å². The fourth-order valence-corrected chi connectivity index (χ4v) is 4.86. The number of carbonyl (C=O) groups is 1. The van der Waals surface area contributed by atoms with Gasteiger partial charge in [-0.25, -0.2) is 4.99 Å². The van der Waals surface area contributed by atoms with E-state index in [2.05, 4.69) is 0 Å². The molecular weight excluding hydrogens is 480 g/mol. The molecule has 0 spiro atoms. The average molecular weight is 507 g/mol. The lowest BCUT2D eigenvalue weighted by Gasteiger charge is -2.15. The van der Waals surface area contributed by atoms with Gasteiger partial charge < -0.3 is 9.47 Å². The Labute approximate surface area is 221 Å². The molecule has 1 saturated heterocycles. The Balaban J connectivity index is 1.44. The lowest BCUT2D eigenvalue weighted by molar-refractivity contribution is -0.113. The van der Waals surface area contributed by atoms with Crippen LogP contribution >= 0.6 is 11.8 Å². The molecule has 5 rings (SSSR count). The number of para-hydroxylation sites is 2. The van der Waals surface area contributed by atoms with Crippen molar-refractivity contribution in [2.75, 3.05) is 11.5 Å². The highest BCUT2D eigenvalue weighted by molar-refractivity contribution is 8.19. The smallest absolute Gasteiger partial charge is 0.271 e. The quantitative estimate of drug-likeness (QED) is 0.233. The molecule has 4 aromatic rings. The van der Waals surface area contributed by atoms with Crippen LogP contribution in [0.1, 0.15) is 18.1 Å². The Bertz CT molecular complexity index is 1420. The molecule has 0 atom stereocenters. The van der Waals surface area contributed by atoms with E-state index in [1.165, 1.54) is 11.8 Å². The molecule has 1 amide bonds. The van der Waals surface area contributed by atoms with Gasteiger partial charge in [0.2, 0.25) is 0 Å². The molecule has 1 aliphatic rings. The molecule has 0 saturated carbocycles. The predicted octanol–water partition coefficient (Wildman–Crippen LogP) is 7.47. The summed E-state index contributed by atoms with van der Waals surface area (Å²) in [5, 5.41) is 0.612. The van der Waals surface area contributed by atoms with Crippen LogP contribution in [-0.2, 0) is 11.4 Å². The van der Waals surface area contributed by atoms with Crippen molar-refractivity contribution in [3.8, 4) is 11.5 Å². The first-order chi connectivity index (χ1) is 18.2. The van der Waals surface area contributed by atoms with Gasteiger partial charge in [-0.15, -0.1) is 0 Å². The number of carbonyl (C=O) groups excluding carboxylic acids is 1. The minimum atomic E-state index is -0.117. The highest BCUT2D eigenvalue weighted by atomic mass is 32.2. The largest absolute Gasteiger partial charge is 0.490 e. The molecule has 1 heterocycles. The Morgan fingerprint density at radius 1 is 0.811 bits per heavy atom. The van der Waals surface area contributed by atoms with E-state index < -0.39 is 0 Å². The maximum absolute atomic E-state index is 13.5. The lowest BCUT2D eigenvalue weighted by atomic mass is 10.1. The number of amides is 1. The summed E-state index contributed by atoms with van der Waals surface area (Å²) in [6, 6.07) is 35.0. The monoisotopic (exact) mass is 506 g/mol. The van der Waals surface area contributed by atoms with Gasteiger partial charge in [-0.1, -0.05) is 72.8 Å². The summed E-state index contributed by atoms with van der Waals surface area (Å²) in [6.07, 6.45) is 1.87. The third kappa shape index (κ3) is 5.93. The average Bonchev–Trinajstić information content (AvgIpc) is 3.24. The summed E-state index contributed by atoms with van der Waals surface area (Å²) in [6.45, 7) is 2.89. The number of aliphatic imine (C=N–C) groups is 1. The van der Waals surface area contributed by atoms with Crippen LogP contribution in [0.25, 0.3) is 6.08 Å². The molecule has 5 nitrogen and oxygen atoms in total. The molecule has 0 aromatic heterocycles. The predicted molar refractivity (Wildman–Crippen MR) is 151 cm³/mol. The van der Waals surface area contributed by atoms with E-state index in [1.807, 2.05) is 122 Å². The zero-order valence-corrected chi connectivity index (χ0v) is 21.2. The summed E-state index contributed by atoms with van der Waals surface area (Å²) in [5.41, 5.74) is 3.49. The van der Waals surface area contributed by atoms with E-state index in [1.54, 1.807) is 4.90 Å². The van der Waals surface area contributed by atoms with Crippen LogP contribution in [0.15, 0.2) is 119 Å². The fourth-order valence-electron chi connectivity index (χ4n) is 3.86. The van der Waals surface area contributed by atoms with Crippen molar-refractivity contribution in [3.05, 3.63) is 125 Å². The molecular formula is C31H26N2O3S. The molecule has 6 heteroatoms. The van der Waals surface area contributed by atoms with Crippen LogP contribution in [0, 0.1) is 0 Å². The summed E-state index contributed by atoms with van der Waals surface area (Å²) < 4.78 is 11.9. The minimum absolute atomic E-state index is 0.117. The number of benzene rings is 4. The number of thioether (sulfide) groups is 1. The number of ether oxygens (including phenoxy) is 2. The van der Waals surface area contributed by atoms with Crippen molar-refractivity contribution in [3.63, 3.8) is 0 Å². The van der Waals surface area contributed by atoms with Gasteiger partial charge >= 0.3 is 0 Å². The van der Waals surface area contributed by atoms with Crippen LogP contribution in [-0.4, -0.2) is 17.7 Å². The Morgan fingerprint density at radius 3 is 2.19 bits per heavy atom. The molecule has 0 N–H and O–H groups in total. The summed E-state index contributed by atoms with van der Waals surface area (Å²) >= 11 is 1.36. The molecule has 184 valence electrons. The fraction of sp³-hybridized carbons (Fsp3) is 0.0968. The summed E-state index contributed by atoms with van der Waals surface area (Å²) in [5.74, 6) is 1.19. The topological polar surface area (TPSA) is 51.1 Å². The summed E-state index contributed by atoms with van der Waals surface area (Å²) in [7, 11) is 0. The van der Waals surface area contributed by atoms with E-state index >= 15 is 0 Å². The first-order valence-electron chi connectivity index (χ1n) is 12.1. The van der Waals surface area contributed by atoms with Gasteiger partial charge in [-0.05, 0) is 72.3 Å². The maximum atomic E-state index is 13.5. The zero-order chi connectivity index (χ0) is 25.5. The van der Waals surface area contributed by atoms with Gasteiger partial charge in [0.05, 0.1) is 22.9 Å². The molecule has 1 aliphatic heterocycles. The number of nitrogens with zero attached hydrogens (tertiary/aromatic N) is 2. The van der Waals surface area contributed by atoms with Gasteiger partial charge in [-0.3, -0.25) is 9.69 Å². The van der Waals surface area contributed by atoms with Gasteiger partial charge in [0.25, 0.3) is 5.91 Å². The van der Waals surface area contributed by atoms with Crippen molar-refractivity contribution in [1.82, 2.24) is 0 Å². The van der Waals surface area contributed by atoms with Crippen molar-refractivity contribution < 1.29 is 14.3 Å². The van der Waals surface area contributed by atoms with E-state index in [0.717, 1.165) is 22.5 Å². The van der Waals surface area contributed by atoms with Crippen LogP contribution in [0.3, 0.4) is 0 Å². The molecule has 0 unspecified atom stereocenters. The second-order valence-electron chi connectivity index (χ2n) is 8.23. The van der Waals surface area contributed by atoms with E-state index in [-0.39, 0.29) is 5.91 Å². The Hall–Kier alpha value is -4.29. The molecule has 1 fully saturated rings. The van der Waals surface area contributed by atoms with Crippen LogP contribution < -0.4 is 14.4 Å². The second kappa shape index (κ2) is 11.6. The lowest BCUT2D eigenvalue weighted by Crippen LogP contribution is -2.28. The van der Waals surface area contributed by atoms with Gasteiger partial charge in [0.1, 0.15) is 6.61 Å². The van der Waals surface area contributed by atoms with E-state index in [4.69, 9.17) is 14.5 Å². The number of hydrogen-bond acceptors (Lipinski definition) is 5. The molecule has 0 bridgehead atoms. The van der Waals surface area contributed by atoms with Crippen molar-refractivity contribution in [2.24, 2.45) is 4.99 Å². The Kier molecular flexibility index (Phi) is 7.67. The normalized spacial score (nSPS) is 15.4. The SMILES string of the molecule is CCOc1cc(/C=C2\SC(=Nc3ccccc3)N(c3ccccc3)C2=O)ccc1OCc1ccccc1. The number of anilines is 1. The van der Waals surface area contributed by atoms with Crippen LogP contribution in [0.2, 0.25) is 0 Å². The molecule has 37 heavy (non-hydrogen) atoms. The van der Waals surface area contributed by atoms with E-state index in [0.29, 0.717) is 34.8 Å². The Morgan fingerprint density at radius 2 is 1.49 bits per heavy atom. The number of hydrogen-bond donors (Lipinski definition) is 0.